The van der Waals surface area contributed by atoms with Gasteiger partial charge in [-0.15, -0.1) is 0 Å². The van der Waals surface area contributed by atoms with Gasteiger partial charge in [-0.2, -0.15) is 0 Å². The SMILES string of the molecule is CCCCCCCCCCCc1ccc(-c2ccc(OCC(F)CCCCC)cn2)cc1. The summed E-state index contributed by atoms with van der Waals surface area (Å²) in [5.41, 5.74) is 3.43. The molecule has 0 amide bonds. The first kappa shape index (κ1) is 26.4. The minimum absolute atomic E-state index is 0.109. The molecule has 2 aromatic rings. The molecular formula is C29H44FNO. The van der Waals surface area contributed by atoms with E-state index in [9.17, 15) is 4.39 Å². The fraction of sp³-hybridized carbons (Fsp3) is 0.621. The summed E-state index contributed by atoms with van der Waals surface area (Å²) >= 11 is 0. The number of nitrogens with zero attached hydrogens (tertiary/aromatic N) is 1. The normalized spacial score (nSPS) is 12.1. The van der Waals surface area contributed by atoms with Gasteiger partial charge >= 0.3 is 0 Å². The Bertz CT molecular complexity index is 698. The Morgan fingerprint density at radius 3 is 2.00 bits per heavy atom. The van der Waals surface area contributed by atoms with Crippen LogP contribution in [0.25, 0.3) is 11.3 Å². The molecule has 178 valence electrons. The van der Waals surface area contributed by atoms with Gasteiger partial charge in [0, 0.05) is 5.56 Å². The molecule has 0 saturated carbocycles. The number of pyridine rings is 1. The molecule has 0 N–H and O–H groups in total. The zero-order chi connectivity index (χ0) is 22.9. The smallest absolute Gasteiger partial charge is 0.137 e. The molecule has 2 nitrogen and oxygen atoms in total. The fourth-order valence-corrected chi connectivity index (χ4v) is 4.00. The number of benzene rings is 1. The highest BCUT2D eigenvalue weighted by Crippen LogP contribution is 2.21. The highest BCUT2D eigenvalue weighted by molar-refractivity contribution is 5.59. The Morgan fingerprint density at radius 2 is 1.38 bits per heavy atom. The van der Waals surface area contributed by atoms with E-state index in [0.29, 0.717) is 12.2 Å². The maximum absolute atomic E-state index is 13.9. The van der Waals surface area contributed by atoms with Crippen molar-refractivity contribution in [1.82, 2.24) is 4.98 Å². The first-order valence-corrected chi connectivity index (χ1v) is 13.0. The van der Waals surface area contributed by atoms with E-state index >= 15 is 0 Å². The summed E-state index contributed by atoms with van der Waals surface area (Å²) < 4.78 is 19.4. The van der Waals surface area contributed by atoms with Crippen molar-refractivity contribution in [3.8, 4) is 17.0 Å². The first-order valence-electron chi connectivity index (χ1n) is 13.0. The molecule has 32 heavy (non-hydrogen) atoms. The van der Waals surface area contributed by atoms with Crippen LogP contribution in [0.4, 0.5) is 4.39 Å². The molecule has 0 aliphatic rings. The summed E-state index contributed by atoms with van der Waals surface area (Å²) in [6, 6.07) is 12.6. The predicted octanol–water partition coefficient (Wildman–Crippen LogP) is 9.12. The third-order valence-electron chi connectivity index (χ3n) is 6.11. The lowest BCUT2D eigenvalue weighted by Crippen LogP contribution is -2.12. The van der Waals surface area contributed by atoms with Crippen LogP contribution >= 0.6 is 0 Å². The summed E-state index contributed by atoms with van der Waals surface area (Å²) in [4.78, 5) is 4.51. The predicted molar refractivity (Wildman–Crippen MR) is 135 cm³/mol. The Kier molecular flexibility index (Phi) is 13.7. The van der Waals surface area contributed by atoms with E-state index in [0.717, 1.165) is 36.9 Å². The van der Waals surface area contributed by atoms with Gasteiger partial charge in [0.05, 0.1) is 11.9 Å². The third kappa shape index (κ3) is 11.1. The minimum atomic E-state index is -0.903. The molecule has 2 rings (SSSR count). The molecule has 0 radical (unpaired) electrons. The summed E-state index contributed by atoms with van der Waals surface area (Å²) in [6.45, 7) is 4.51. The minimum Gasteiger partial charge on any atom is -0.489 e. The number of hydrogen-bond acceptors (Lipinski definition) is 2. The number of aromatic nitrogens is 1. The lowest BCUT2D eigenvalue weighted by molar-refractivity contribution is 0.183. The van der Waals surface area contributed by atoms with Crippen LogP contribution in [0.5, 0.6) is 5.75 Å². The van der Waals surface area contributed by atoms with Gasteiger partial charge in [-0.05, 0) is 37.0 Å². The lowest BCUT2D eigenvalue weighted by atomic mass is 10.0. The van der Waals surface area contributed by atoms with E-state index in [2.05, 4.69) is 43.1 Å². The van der Waals surface area contributed by atoms with E-state index in [-0.39, 0.29) is 6.61 Å². The lowest BCUT2D eigenvalue weighted by Gasteiger charge is -2.10. The zero-order valence-corrected chi connectivity index (χ0v) is 20.5. The van der Waals surface area contributed by atoms with Crippen LogP contribution in [0.1, 0.15) is 103 Å². The second kappa shape index (κ2) is 16.7. The molecule has 1 unspecified atom stereocenters. The zero-order valence-electron chi connectivity index (χ0n) is 20.5. The van der Waals surface area contributed by atoms with Crippen LogP contribution in [-0.4, -0.2) is 17.8 Å². The van der Waals surface area contributed by atoms with Crippen LogP contribution in [-0.2, 0) is 6.42 Å². The van der Waals surface area contributed by atoms with Gasteiger partial charge in [0.15, 0.2) is 0 Å². The second-order valence-corrected chi connectivity index (χ2v) is 9.06. The van der Waals surface area contributed by atoms with E-state index in [1.807, 2.05) is 12.1 Å². The van der Waals surface area contributed by atoms with Crippen molar-refractivity contribution in [2.24, 2.45) is 0 Å². The molecule has 1 aromatic heterocycles. The van der Waals surface area contributed by atoms with Crippen molar-refractivity contribution >= 4 is 0 Å². The van der Waals surface area contributed by atoms with Gasteiger partial charge in [-0.3, -0.25) is 4.98 Å². The third-order valence-corrected chi connectivity index (χ3v) is 6.11. The van der Waals surface area contributed by atoms with Crippen LogP contribution in [0, 0.1) is 0 Å². The van der Waals surface area contributed by atoms with Crippen molar-refractivity contribution < 1.29 is 9.13 Å². The largest absolute Gasteiger partial charge is 0.489 e. The van der Waals surface area contributed by atoms with E-state index in [4.69, 9.17) is 4.74 Å². The van der Waals surface area contributed by atoms with Crippen LogP contribution in [0.2, 0.25) is 0 Å². The molecule has 1 heterocycles. The molecule has 0 fully saturated rings. The van der Waals surface area contributed by atoms with E-state index in [1.54, 1.807) is 6.20 Å². The van der Waals surface area contributed by atoms with Gasteiger partial charge in [-0.1, -0.05) is 109 Å². The Balaban J connectivity index is 1.65. The van der Waals surface area contributed by atoms with E-state index < -0.39 is 6.17 Å². The van der Waals surface area contributed by atoms with Crippen LogP contribution < -0.4 is 4.74 Å². The standard InChI is InChI=1S/C29H44FNO/c1-3-5-7-8-9-10-11-12-14-15-25-17-19-26(20-18-25)29-22-21-28(23-31-29)32-24-27(30)16-13-6-4-2/h17-23,27H,3-16,24H2,1-2H3. The highest BCUT2D eigenvalue weighted by Gasteiger charge is 2.08. The average molecular weight is 442 g/mol. The summed E-state index contributed by atoms with van der Waals surface area (Å²) in [5.74, 6) is 0.633. The Morgan fingerprint density at radius 1 is 0.750 bits per heavy atom. The number of rotatable bonds is 18. The fourth-order valence-electron chi connectivity index (χ4n) is 4.00. The molecule has 0 aliphatic carbocycles. The van der Waals surface area contributed by atoms with Crippen LogP contribution in [0.15, 0.2) is 42.6 Å². The Labute approximate surface area is 196 Å². The number of hydrogen-bond donors (Lipinski definition) is 0. The van der Waals surface area contributed by atoms with Gasteiger partial charge in [-0.25, -0.2) is 4.39 Å². The number of unbranched alkanes of at least 4 members (excludes halogenated alkanes) is 10. The monoisotopic (exact) mass is 441 g/mol. The topological polar surface area (TPSA) is 22.1 Å². The van der Waals surface area contributed by atoms with E-state index in [1.165, 1.54) is 63.4 Å². The van der Waals surface area contributed by atoms with Crippen molar-refractivity contribution in [3.63, 3.8) is 0 Å². The summed E-state index contributed by atoms with van der Waals surface area (Å²) in [6.07, 6.45) is 17.9. The maximum Gasteiger partial charge on any atom is 0.137 e. The summed E-state index contributed by atoms with van der Waals surface area (Å²) in [7, 11) is 0. The molecule has 0 spiro atoms. The molecule has 0 bridgehead atoms. The maximum atomic E-state index is 13.9. The number of alkyl halides is 1. The number of halogens is 1. The molecule has 0 aliphatic heterocycles. The highest BCUT2D eigenvalue weighted by atomic mass is 19.1. The van der Waals surface area contributed by atoms with Crippen LogP contribution in [0.3, 0.4) is 0 Å². The van der Waals surface area contributed by atoms with Gasteiger partial charge in [0.25, 0.3) is 0 Å². The van der Waals surface area contributed by atoms with Gasteiger partial charge in [0.2, 0.25) is 0 Å². The number of aryl methyl sites for hydroxylation is 1. The van der Waals surface area contributed by atoms with Gasteiger partial charge in [0.1, 0.15) is 18.5 Å². The molecular weight excluding hydrogens is 397 g/mol. The molecule has 3 heteroatoms. The quantitative estimate of drug-likeness (QED) is 0.215. The second-order valence-electron chi connectivity index (χ2n) is 9.06. The van der Waals surface area contributed by atoms with Crippen molar-refractivity contribution in [3.05, 3.63) is 48.2 Å². The number of ether oxygens (including phenoxy) is 1. The summed E-state index contributed by atoms with van der Waals surface area (Å²) in [5, 5.41) is 0. The first-order chi connectivity index (χ1) is 15.7. The van der Waals surface area contributed by atoms with Crippen molar-refractivity contribution in [2.45, 2.75) is 110 Å². The molecule has 0 saturated heterocycles. The average Bonchev–Trinajstić information content (AvgIpc) is 2.83. The van der Waals surface area contributed by atoms with Crippen molar-refractivity contribution in [2.75, 3.05) is 6.61 Å². The Hall–Kier alpha value is -1.90. The molecule has 1 atom stereocenters. The van der Waals surface area contributed by atoms with Gasteiger partial charge < -0.3 is 4.74 Å². The van der Waals surface area contributed by atoms with Crippen molar-refractivity contribution in [1.29, 1.82) is 0 Å². The molecule has 1 aromatic carbocycles.